The van der Waals surface area contributed by atoms with Crippen LogP contribution in [0.4, 0.5) is 17.6 Å². The summed E-state index contributed by atoms with van der Waals surface area (Å²) in [5.74, 6) is -0.587. The lowest BCUT2D eigenvalue weighted by molar-refractivity contribution is -0.0510. The van der Waals surface area contributed by atoms with E-state index >= 15 is 0 Å². The Morgan fingerprint density at radius 2 is 1.77 bits per heavy atom. The van der Waals surface area contributed by atoms with E-state index in [1.807, 2.05) is 6.92 Å². The van der Waals surface area contributed by atoms with Crippen molar-refractivity contribution in [3.05, 3.63) is 76.2 Å². The molecule has 0 aliphatic rings. The van der Waals surface area contributed by atoms with Gasteiger partial charge in [-0.2, -0.15) is 20.5 Å². The largest absolute Gasteiger partial charge is 0.454 e. The fraction of sp³-hybridized carbons (Fsp3) is 0.227. The number of nitrogens with zero attached hydrogens (tertiary/aromatic N) is 1. The summed E-state index contributed by atoms with van der Waals surface area (Å²) in [6.45, 7) is -1.15. The van der Waals surface area contributed by atoms with Crippen molar-refractivity contribution in [1.29, 1.82) is 0 Å². The topological polar surface area (TPSA) is 40.5 Å². The predicted molar refractivity (Wildman–Crippen MR) is 112 cm³/mol. The zero-order valence-electron chi connectivity index (χ0n) is 16.7. The van der Waals surface area contributed by atoms with E-state index in [0.29, 0.717) is 22.9 Å². The van der Waals surface area contributed by atoms with Crippen LogP contribution in [0.5, 0.6) is 17.2 Å². The third-order valence-electron chi connectivity index (χ3n) is 4.31. The summed E-state index contributed by atoms with van der Waals surface area (Å²) < 4.78 is 64.0. The van der Waals surface area contributed by atoms with Gasteiger partial charge in [0.2, 0.25) is 0 Å². The van der Waals surface area contributed by atoms with Gasteiger partial charge in [0.15, 0.2) is 17.3 Å². The number of hydrogen-bond donors (Lipinski definition) is 0. The number of halogens is 4. The van der Waals surface area contributed by atoms with E-state index in [-0.39, 0.29) is 11.5 Å². The maximum Gasteiger partial charge on any atom is 0.387 e. The van der Waals surface area contributed by atoms with Gasteiger partial charge in [0.05, 0.1) is 0 Å². The summed E-state index contributed by atoms with van der Waals surface area (Å²) in [5.41, 5.74) is 0.985. The maximum atomic E-state index is 14.1. The molecule has 1 heterocycles. The second-order valence-corrected chi connectivity index (χ2v) is 7.81. The van der Waals surface area contributed by atoms with Crippen LogP contribution in [0.3, 0.4) is 0 Å². The molecular weight excluding hydrogens is 434 g/mol. The molecule has 4 nitrogen and oxygen atoms in total. The standard InChI is InChI=1S/C22H19F4NO3S/c1-3-31-12-13-4-6-18(29-19-7-5-15(23)10-17(19)24)16(8-13)14-9-20(30-22(25)26)21(28)27(2)11-14/h4-11,22H,3,12H2,1-2H3. The smallest absolute Gasteiger partial charge is 0.387 e. The SMILES string of the molecule is CCSCc1ccc(Oc2ccc(F)cc2F)c(-c2cc(OC(F)F)c(=O)n(C)c2)c1. The van der Waals surface area contributed by atoms with Crippen molar-refractivity contribution < 1.29 is 27.0 Å². The molecule has 0 atom stereocenters. The number of ether oxygens (including phenoxy) is 2. The Morgan fingerprint density at radius 1 is 1.03 bits per heavy atom. The van der Waals surface area contributed by atoms with Gasteiger partial charge in [-0.3, -0.25) is 4.79 Å². The molecule has 164 valence electrons. The Labute approximate surface area is 180 Å². The highest BCUT2D eigenvalue weighted by Gasteiger charge is 2.17. The van der Waals surface area contributed by atoms with Crippen LogP contribution in [0, 0.1) is 11.6 Å². The summed E-state index contributed by atoms with van der Waals surface area (Å²) in [5, 5.41) is 0. The van der Waals surface area contributed by atoms with Gasteiger partial charge in [0, 0.05) is 36.2 Å². The highest BCUT2D eigenvalue weighted by atomic mass is 32.2. The summed E-state index contributed by atoms with van der Waals surface area (Å²) in [6.07, 6.45) is 1.45. The van der Waals surface area contributed by atoms with E-state index in [0.717, 1.165) is 28.0 Å². The monoisotopic (exact) mass is 453 g/mol. The fourth-order valence-corrected chi connectivity index (χ4v) is 3.51. The molecule has 0 bridgehead atoms. The van der Waals surface area contributed by atoms with Crippen molar-refractivity contribution >= 4 is 11.8 Å². The molecule has 0 fully saturated rings. The molecule has 1 aromatic heterocycles. The van der Waals surface area contributed by atoms with Crippen LogP contribution in [-0.2, 0) is 12.8 Å². The molecule has 2 aromatic carbocycles. The Hall–Kier alpha value is -2.94. The number of rotatable bonds is 8. The summed E-state index contributed by atoms with van der Waals surface area (Å²) >= 11 is 1.67. The van der Waals surface area contributed by atoms with Crippen LogP contribution >= 0.6 is 11.8 Å². The van der Waals surface area contributed by atoms with E-state index in [9.17, 15) is 22.4 Å². The van der Waals surface area contributed by atoms with Gasteiger partial charge in [-0.1, -0.05) is 13.0 Å². The van der Waals surface area contributed by atoms with Gasteiger partial charge in [-0.25, -0.2) is 8.78 Å². The van der Waals surface area contributed by atoms with Gasteiger partial charge in [0.1, 0.15) is 11.6 Å². The minimum absolute atomic E-state index is 0.202. The Kier molecular flexibility index (Phi) is 7.27. The quantitative estimate of drug-likeness (QED) is 0.394. The van der Waals surface area contributed by atoms with Gasteiger partial charge < -0.3 is 14.0 Å². The van der Waals surface area contributed by atoms with Gasteiger partial charge >= 0.3 is 6.61 Å². The molecule has 0 N–H and O–H groups in total. The lowest BCUT2D eigenvalue weighted by Gasteiger charge is -2.15. The Balaban J connectivity index is 2.12. The number of thioether (sulfide) groups is 1. The highest BCUT2D eigenvalue weighted by Crippen LogP contribution is 2.36. The molecule has 0 saturated heterocycles. The average Bonchev–Trinajstić information content (AvgIpc) is 2.72. The van der Waals surface area contributed by atoms with Crippen molar-refractivity contribution in [2.75, 3.05) is 5.75 Å². The third-order valence-corrected chi connectivity index (χ3v) is 5.25. The van der Waals surface area contributed by atoms with Crippen LogP contribution in [-0.4, -0.2) is 16.9 Å². The van der Waals surface area contributed by atoms with Crippen molar-refractivity contribution in [2.45, 2.75) is 19.3 Å². The van der Waals surface area contributed by atoms with E-state index in [2.05, 4.69) is 4.74 Å². The number of aryl methyl sites for hydroxylation is 1. The maximum absolute atomic E-state index is 14.1. The van der Waals surface area contributed by atoms with E-state index in [4.69, 9.17) is 4.74 Å². The van der Waals surface area contributed by atoms with Gasteiger partial charge in [-0.15, -0.1) is 0 Å². The number of pyridine rings is 1. The summed E-state index contributed by atoms with van der Waals surface area (Å²) in [7, 11) is 1.40. The zero-order chi connectivity index (χ0) is 22.5. The van der Waals surface area contributed by atoms with Crippen molar-refractivity contribution in [3.63, 3.8) is 0 Å². The van der Waals surface area contributed by atoms with Crippen LogP contribution in [0.1, 0.15) is 12.5 Å². The molecule has 9 heteroatoms. The van der Waals surface area contributed by atoms with Crippen LogP contribution in [0.15, 0.2) is 53.5 Å². The molecule has 0 aliphatic carbocycles. The molecule has 3 aromatic rings. The number of benzene rings is 2. The van der Waals surface area contributed by atoms with E-state index in [1.54, 1.807) is 30.0 Å². The van der Waals surface area contributed by atoms with Gasteiger partial charge in [0.25, 0.3) is 5.56 Å². The Bertz CT molecular complexity index is 1130. The third kappa shape index (κ3) is 5.61. The summed E-state index contributed by atoms with van der Waals surface area (Å²) in [4.78, 5) is 12.1. The van der Waals surface area contributed by atoms with Gasteiger partial charge in [-0.05, 0) is 41.6 Å². The Morgan fingerprint density at radius 3 is 2.45 bits per heavy atom. The molecule has 0 radical (unpaired) electrons. The minimum atomic E-state index is -3.17. The second kappa shape index (κ2) is 9.91. The van der Waals surface area contributed by atoms with E-state index in [1.165, 1.54) is 19.3 Å². The van der Waals surface area contributed by atoms with Crippen LogP contribution < -0.4 is 15.0 Å². The number of hydrogen-bond acceptors (Lipinski definition) is 4. The lowest BCUT2D eigenvalue weighted by atomic mass is 10.0. The molecule has 0 unspecified atom stereocenters. The normalized spacial score (nSPS) is 11.1. The first kappa shape index (κ1) is 22.7. The van der Waals surface area contributed by atoms with Crippen molar-refractivity contribution in [2.24, 2.45) is 7.05 Å². The van der Waals surface area contributed by atoms with Crippen molar-refractivity contribution in [1.82, 2.24) is 4.57 Å². The molecule has 0 amide bonds. The average molecular weight is 453 g/mol. The van der Waals surface area contributed by atoms with Crippen LogP contribution in [0.2, 0.25) is 0 Å². The minimum Gasteiger partial charge on any atom is -0.454 e. The number of aromatic nitrogens is 1. The first-order valence-corrected chi connectivity index (χ1v) is 10.4. The molecule has 0 spiro atoms. The molecular formula is C22H19F4NO3S. The highest BCUT2D eigenvalue weighted by molar-refractivity contribution is 7.98. The lowest BCUT2D eigenvalue weighted by Crippen LogP contribution is -2.20. The molecule has 3 rings (SSSR count). The molecule has 0 aliphatic heterocycles. The van der Waals surface area contributed by atoms with Crippen LogP contribution in [0.25, 0.3) is 11.1 Å². The van der Waals surface area contributed by atoms with Crippen molar-refractivity contribution in [3.8, 4) is 28.4 Å². The van der Waals surface area contributed by atoms with E-state index < -0.39 is 29.6 Å². The first-order valence-electron chi connectivity index (χ1n) is 9.28. The molecule has 31 heavy (non-hydrogen) atoms. The zero-order valence-corrected chi connectivity index (χ0v) is 17.5. The fourth-order valence-electron chi connectivity index (χ4n) is 2.89. The molecule has 0 saturated carbocycles. The first-order chi connectivity index (χ1) is 14.8. The predicted octanol–water partition coefficient (Wildman–Crippen LogP) is 5.98. The second-order valence-electron chi connectivity index (χ2n) is 6.53. The summed E-state index contributed by atoms with van der Waals surface area (Å²) in [6, 6.07) is 9.28. The number of alkyl halides is 2.